The van der Waals surface area contributed by atoms with Crippen molar-refractivity contribution in [3.63, 3.8) is 0 Å². The highest BCUT2D eigenvalue weighted by atomic mass is 16.3. The van der Waals surface area contributed by atoms with Crippen LogP contribution in [0, 0.1) is 12.8 Å². The van der Waals surface area contributed by atoms with E-state index in [1.165, 1.54) is 24.0 Å². The Morgan fingerprint density at radius 3 is 2.38 bits per heavy atom. The van der Waals surface area contributed by atoms with Crippen LogP contribution in [0.1, 0.15) is 41.7 Å². The molecule has 0 aliphatic heterocycles. The maximum atomic E-state index is 10.3. The smallest absolute Gasteiger partial charge is 0.0915 e. The highest BCUT2D eigenvalue weighted by Crippen LogP contribution is 2.41. The van der Waals surface area contributed by atoms with Gasteiger partial charge in [0.2, 0.25) is 0 Å². The van der Waals surface area contributed by atoms with E-state index in [1.807, 2.05) is 12.1 Å². The molecule has 1 saturated carbocycles. The SMILES string of the molecule is Cc1ccc(C(NCC(O)c2ccncc2)C2CC2)cc1. The number of aromatic nitrogens is 1. The average Bonchev–Trinajstić information content (AvgIpc) is 3.35. The lowest BCUT2D eigenvalue weighted by atomic mass is 10.0. The third-order valence-corrected chi connectivity index (χ3v) is 4.15. The summed E-state index contributed by atoms with van der Waals surface area (Å²) in [5, 5.41) is 13.8. The molecule has 0 saturated heterocycles. The summed E-state index contributed by atoms with van der Waals surface area (Å²) in [6.45, 7) is 2.68. The maximum absolute atomic E-state index is 10.3. The van der Waals surface area contributed by atoms with Crippen LogP contribution >= 0.6 is 0 Å². The van der Waals surface area contributed by atoms with Crippen molar-refractivity contribution in [3.8, 4) is 0 Å². The van der Waals surface area contributed by atoms with Crippen molar-refractivity contribution >= 4 is 0 Å². The van der Waals surface area contributed by atoms with Crippen molar-refractivity contribution in [1.29, 1.82) is 0 Å². The predicted molar refractivity (Wildman–Crippen MR) is 83.8 cm³/mol. The van der Waals surface area contributed by atoms with Gasteiger partial charge in [0.25, 0.3) is 0 Å². The van der Waals surface area contributed by atoms with Crippen molar-refractivity contribution in [1.82, 2.24) is 10.3 Å². The van der Waals surface area contributed by atoms with Crippen molar-refractivity contribution in [2.24, 2.45) is 5.92 Å². The van der Waals surface area contributed by atoms with Crippen LogP contribution in [0.4, 0.5) is 0 Å². The molecule has 0 spiro atoms. The molecule has 1 fully saturated rings. The number of nitrogens with zero attached hydrogens (tertiary/aromatic N) is 1. The molecule has 1 aliphatic rings. The number of hydrogen-bond donors (Lipinski definition) is 2. The largest absolute Gasteiger partial charge is 0.387 e. The minimum Gasteiger partial charge on any atom is -0.387 e. The average molecular weight is 282 g/mol. The number of nitrogens with one attached hydrogen (secondary N) is 1. The van der Waals surface area contributed by atoms with Crippen molar-refractivity contribution in [2.45, 2.75) is 31.9 Å². The van der Waals surface area contributed by atoms with Crippen LogP contribution < -0.4 is 5.32 Å². The van der Waals surface area contributed by atoms with Gasteiger partial charge >= 0.3 is 0 Å². The monoisotopic (exact) mass is 282 g/mol. The Morgan fingerprint density at radius 1 is 1.10 bits per heavy atom. The first-order valence-corrected chi connectivity index (χ1v) is 7.62. The van der Waals surface area contributed by atoms with Gasteiger partial charge in [-0.2, -0.15) is 0 Å². The molecule has 3 heteroatoms. The van der Waals surface area contributed by atoms with E-state index in [9.17, 15) is 5.11 Å². The lowest BCUT2D eigenvalue weighted by Crippen LogP contribution is -2.28. The fraction of sp³-hybridized carbons (Fsp3) is 0.389. The van der Waals surface area contributed by atoms with Crippen LogP contribution in [-0.2, 0) is 0 Å². The Labute approximate surface area is 126 Å². The Kier molecular flexibility index (Phi) is 4.32. The fourth-order valence-electron chi connectivity index (χ4n) is 2.70. The minimum atomic E-state index is -0.486. The zero-order chi connectivity index (χ0) is 14.7. The molecule has 0 amide bonds. The molecule has 1 aromatic carbocycles. The van der Waals surface area contributed by atoms with Crippen molar-refractivity contribution < 1.29 is 5.11 Å². The van der Waals surface area contributed by atoms with Crippen molar-refractivity contribution in [2.75, 3.05) is 6.54 Å². The summed E-state index contributed by atoms with van der Waals surface area (Å²) in [6.07, 6.45) is 5.50. The summed E-state index contributed by atoms with van der Waals surface area (Å²) in [5.74, 6) is 0.706. The van der Waals surface area contributed by atoms with Gasteiger partial charge in [-0.1, -0.05) is 29.8 Å². The summed E-state index contributed by atoms with van der Waals surface area (Å²) in [5.41, 5.74) is 3.52. The highest BCUT2D eigenvalue weighted by Gasteiger charge is 2.32. The van der Waals surface area contributed by atoms with E-state index < -0.39 is 6.10 Å². The summed E-state index contributed by atoms with van der Waals surface area (Å²) >= 11 is 0. The van der Waals surface area contributed by atoms with E-state index in [2.05, 4.69) is 41.5 Å². The van der Waals surface area contributed by atoms with Crippen LogP contribution in [0.2, 0.25) is 0 Å². The molecule has 2 aromatic rings. The van der Waals surface area contributed by atoms with Gasteiger partial charge in [-0.05, 0) is 48.9 Å². The van der Waals surface area contributed by atoms with Gasteiger partial charge in [0.1, 0.15) is 0 Å². The molecule has 0 radical (unpaired) electrons. The number of hydrogen-bond acceptors (Lipinski definition) is 3. The molecule has 3 rings (SSSR count). The lowest BCUT2D eigenvalue weighted by molar-refractivity contribution is 0.168. The second-order valence-electron chi connectivity index (χ2n) is 5.93. The quantitative estimate of drug-likeness (QED) is 0.855. The molecule has 1 aliphatic carbocycles. The van der Waals surface area contributed by atoms with E-state index >= 15 is 0 Å². The fourth-order valence-corrected chi connectivity index (χ4v) is 2.70. The first-order chi connectivity index (χ1) is 10.2. The normalized spacial score (nSPS) is 17.4. The Balaban J connectivity index is 1.65. The number of aliphatic hydroxyl groups excluding tert-OH is 1. The molecule has 1 aromatic heterocycles. The summed E-state index contributed by atoms with van der Waals surface area (Å²) in [6, 6.07) is 12.8. The minimum absolute atomic E-state index is 0.349. The first kappa shape index (κ1) is 14.2. The maximum Gasteiger partial charge on any atom is 0.0915 e. The van der Waals surface area contributed by atoms with Gasteiger partial charge in [-0.15, -0.1) is 0 Å². The van der Waals surface area contributed by atoms with Gasteiger partial charge in [0.05, 0.1) is 6.10 Å². The summed E-state index contributed by atoms with van der Waals surface area (Å²) < 4.78 is 0. The van der Waals surface area contributed by atoms with Crippen molar-refractivity contribution in [3.05, 3.63) is 65.5 Å². The van der Waals surface area contributed by atoms with E-state index in [4.69, 9.17) is 0 Å². The summed E-state index contributed by atoms with van der Waals surface area (Å²) in [7, 11) is 0. The molecule has 3 nitrogen and oxygen atoms in total. The Morgan fingerprint density at radius 2 is 1.76 bits per heavy atom. The Bertz CT molecular complexity index is 564. The molecule has 21 heavy (non-hydrogen) atoms. The van der Waals surface area contributed by atoms with Crippen LogP contribution in [0.15, 0.2) is 48.8 Å². The number of aryl methyl sites for hydroxylation is 1. The molecule has 110 valence electrons. The van der Waals surface area contributed by atoms with Gasteiger partial charge in [-0.3, -0.25) is 4.98 Å². The van der Waals surface area contributed by atoms with Gasteiger partial charge in [-0.25, -0.2) is 0 Å². The predicted octanol–water partition coefficient (Wildman–Crippen LogP) is 3.16. The van der Waals surface area contributed by atoms with Gasteiger partial charge in [0, 0.05) is 25.0 Å². The first-order valence-electron chi connectivity index (χ1n) is 7.62. The van der Waals surface area contributed by atoms with E-state index in [1.54, 1.807) is 12.4 Å². The van der Waals surface area contributed by atoms with Crippen LogP contribution in [-0.4, -0.2) is 16.6 Å². The number of aliphatic hydroxyl groups is 1. The topological polar surface area (TPSA) is 45.1 Å². The van der Waals surface area contributed by atoms with Crippen LogP contribution in [0.3, 0.4) is 0 Å². The van der Waals surface area contributed by atoms with E-state index in [0.717, 1.165) is 5.56 Å². The highest BCUT2D eigenvalue weighted by molar-refractivity contribution is 5.25. The van der Waals surface area contributed by atoms with Crippen LogP contribution in [0.25, 0.3) is 0 Å². The molecule has 2 atom stereocenters. The second-order valence-corrected chi connectivity index (χ2v) is 5.93. The number of rotatable bonds is 6. The zero-order valence-electron chi connectivity index (χ0n) is 12.4. The molecular weight excluding hydrogens is 260 g/mol. The zero-order valence-corrected chi connectivity index (χ0v) is 12.4. The summed E-state index contributed by atoms with van der Waals surface area (Å²) in [4.78, 5) is 3.99. The molecule has 2 unspecified atom stereocenters. The third-order valence-electron chi connectivity index (χ3n) is 4.15. The van der Waals surface area contributed by atoms with Crippen LogP contribution in [0.5, 0.6) is 0 Å². The third kappa shape index (κ3) is 3.69. The van der Waals surface area contributed by atoms with Gasteiger partial charge in [0.15, 0.2) is 0 Å². The number of pyridine rings is 1. The van der Waals surface area contributed by atoms with E-state index in [0.29, 0.717) is 18.5 Å². The standard InChI is InChI=1S/C18H22N2O/c1-13-2-4-15(5-3-13)18(16-6-7-16)20-12-17(21)14-8-10-19-11-9-14/h2-5,8-11,16-18,20-21H,6-7,12H2,1H3. The molecule has 1 heterocycles. The molecule has 0 bridgehead atoms. The second kappa shape index (κ2) is 6.37. The van der Waals surface area contributed by atoms with E-state index in [-0.39, 0.29) is 0 Å². The van der Waals surface area contributed by atoms with Gasteiger partial charge < -0.3 is 10.4 Å². The molecular formula is C18H22N2O. The number of benzene rings is 1. The Hall–Kier alpha value is -1.71. The molecule has 2 N–H and O–H groups in total. The lowest BCUT2D eigenvalue weighted by Gasteiger charge is -2.21.